The van der Waals surface area contributed by atoms with Gasteiger partial charge in [0.15, 0.2) is 5.69 Å². The molecule has 0 atom stereocenters. The molecule has 2 amide bonds. The molecule has 3 aromatic rings. The van der Waals surface area contributed by atoms with Gasteiger partial charge in [-0.15, -0.1) is 15.3 Å². The van der Waals surface area contributed by atoms with E-state index in [1.807, 2.05) is 12.1 Å². The molecule has 3 heterocycles. The minimum absolute atomic E-state index is 0.0817. The van der Waals surface area contributed by atoms with Crippen molar-refractivity contribution < 1.29 is 9.59 Å². The van der Waals surface area contributed by atoms with Crippen molar-refractivity contribution in [3.63, 3.8) is 0 Å². The fourth-order valence-electron chi connectivity index (χ4n) is 1.94. The lowest BCUT2D eigenvalue weighted by Gasteiger charge is -2.19. The van der Waals surface area contributed by atoms with Gasteiger partial charge in [0.25, 0.3) is 5.91 Å². The number of nitrogens with one attached hydrogen (secondary N) is 1. The van der Waals surface area contributed by atoms with Crippen LogP contribution in [0, 0.1) is 0 Å². The van der Waals surface area contributed by atoms with Crippen molar-refractivity contribution in [2.45, 2.75) is 25.9 Å². The number of rotatable bonds is 6. The Morgan fingerprint density at radius 3 is 2.65 bits per heavy atom. The summed E-state index contributed by atoms with van der Waals surface area (Å²) in [6, 6.07) is 3.67. The Bertz CT molecular complexity index is 934. The van der Waals surface area contributed by atoms with Crippen LogP contribution in [-0.2, 0) is 16.9 Å². The molecular formula is C15H16N8O2S. The number of nitrogens with zero attached hydrogens (tertiary/aromatic N) is 6. The molecule has 26 heavy (non-hydrogen) atoms. The molecule has 0 bridgehead atoms. The van der Waals surface area contributed by atoms with Crippen LogP contribution in [0.25, 0.3) is 10.6 Å². The minimum Gasteiger partial charge on any atom is -0.368 e. The van der Waals surface area contributed by atoms with E-state index in [2.05, 4.69) is 30.8 Å². The fraction of sp³-hybridized carbons (Fsp3) is 0.267. The van der Waals surface area contributed by atoms with Crippen molar-refractivity contribution >= 4 is 23.2 Å². The summed E-state index contributed by atoms with van der Waals surface area (Å²) in [6.45, 7) is 3.38. The molecular weight excluding hydrogens is 356 g/mol. The summed E-state index contributed by atoms with van der Waals surface area (Å²) in [4.78, 5) is 27.6. The minimum atomic E-state index is -1.08. The number of amides is 2. The van der Waals surface area contributed by atoms with Gasteiger partial charge in [-0.3, -0.25) is 14.6 Å². The van der Waals surface area contributed by atoms with Crippen LogP contribution in [-0.4, -0.2) is 42.0 Å². The lowest BCUT2D eigenvalue weighted by Crippen LogP contribution is -2.41. The monoisotopic (exact) mass is 372 g/mol. The van der Waals surface area contributed by atoms with Crippen molar-refractivity contribution in [3.8, 4) is 10.6 Å². The van der Waals surface area contributed by atoms with E-state index in [0.717, 1.165) is 10.6 Å². The number of hydrogen-bond acceptors (Lipinski definition) is 8. The molecule has 134 valence electrons. The first-order valence-electron chi connectivity index (χ1n) is 7.61. The zero-order valence-electron chi connectivity index (χ0n) is 14.1. The Balaban J connectivity index is 1.64. The van der Waals surface area contributed by atoms with E-state index in [9.17, 15) is 9.59 Å². The first-order valence-corrected chi connectivity index (χ1v) is 8.43. The third kappa shape index (κ3) is 3.57. The third-order valence-corrected chi connectivity index (χ3v) is 4.67. The van der Waals surface area contributed by atoms with Crippen LogP contribution >= 0.6 is 11.3 Å². The molecule has 0 aliphatic carbocycles. The normalized spacial score (nSPS) is 11.3. The van der Waals surface area contributed by atoms with Gasteiger partial charge < -0.3 is 11.1 Å². The predicted octanol–water partition coefficient (Wildman–Crippen LogP) is 0.342. The Hall–Kier alpha value is -3.21. The molecule has 10 nitrogen and oxygen atoms in total. The van der Waals surface area contributed by atoms with Crippen LogP contribution in [0.4, 0.5) is 0 Å². The van der Waals surface area contributed by atoms with Crippen molar-refractivity contribution in [1.82, 2.24) is 35.5 Å². The summed E-state index contributed by atoms with van der Waals surface area (Å²) in [5.74, 6) is -1.01. The Kier molecular flexibility index (Phi) is 4.71. The van der Waals surface area contributed by atoms with Gasteiger partial charge in [0, 0.05) is 18.0 Å². The maximum Gasteiger partial charge on any atom is 0.273 e. The molecule has 0 aromatic carbocycles. The zero-order valence-corrected chi connectivity index (χ0v) is 14.9. The van der Waals surface area contributed by atoms with Crippen LogP contribution in [0.5, 0.6) is 0 Å². The van der Waals surface area contributed by atoms with E-state index in [1.54, 1.807) is 26.2 Å². The molecule has 3 N–H and O–H groups in total. The second-order valence-electron chi connectivity index (χ2n) is 5.89. The quantitative estimate of drug-likeness (QED) is 0.635. The van der Waals surface area contributed by atoms with Crippen molar-refractivity contribution in [2.24, 2.45) is 5.73 Å². The van der Waals surface area contributed by atoms with E-state index >= 15 is 0 Å². The zero-order chi connectivity index (χ0) is 18.7. The lowest BCUT2D eigenvalue weighted by atomic mass is 10.1. The Morgan fingerprint density at radius 1 is 1.23 bits per heavy atom. The molecule has 3 rings (SSSR count). The third-order valence-electron chi connectivity index (χ3n) is 3.70. The van der Waals surface area contributed by atoms with Gasteiger partial charge in [0.2, 0.25) is 5.91 Å². The standard InChI is InChI=1S/C15H16N8O2S/c1-15(2,14(16)25)23-8-10(19-22-23)12(24)18-7-11-20-21-13(26-11)9-3-5-17-6-4-9/h3-6,8H,7H2,1-2H3,(H2,16,25)(H,18,24). The molecule has 0 radical (unpaired) electrons. The molecule has 11 heteroatoms. The average molecular weight is 372 g/mol. The number of hydrogen-bond donors (Lipinski definition) is 2. The van der Waals surface area contributed by atoms with E-state index in [-0.39, 0.29) is 12.2 Å². The highest BCUT2D eigenvalue weighted by Crippen LogP contribution is 2.22. The Morgan fingerprint density at radius 2 is 1.96 bits per heavy atom. The topological polar surface area (TPSA) is 142 Å². The maximum absolute atomic E-state index is 12.2. The van der Waals surface area contributed by atoms with E-state index in [4.69, 9.17) is 5.73 Å². The van der Waals surface area contributed by atoms with Gasteiger partial charge in [0.1, 0.15) is 15.6 Å². The largest absolute Gasteiger partial charge is 0.368 e. The lowest BCUT2D eigenvalue weighted by molar-refractivity contribution is -0.125. The van der Waals surface area contributed by atoms with Crippen molar-refractivity contribution in [2.75, 3.05) is 0 Å². The number of primary amides is 1. The molecule has 0 aliphatic rings. The van der Waals surface area contributed by atoms with Gasteiger partial charge in [-0.2, -0.15) is 0 Å². The van der Waals surface area contributed by atoms with Crippen molar-refractivity contribution in [3.05, 3.63) is 41.4 Å². The summed E-state index contributed by atoms with van der Waals surface area (Å²) in [7, 11) is 0. The highest BCUT2D eigenvalue weighted by molar-refractivity contribution is 7.14. The van der Waals surface area contributed by atoms with Crippen LogP contribution in [0.15, 0.2) is 30.7 Å². The van der Waals surface area contributed by atoms with Crippen LogP contribution in [0.2, 0.25) is 0 Å². The second-order valence-corrected chi connectivity index (χ2v) is 6.95. The highest BCUT2D eigenvalue weighted by atomic mass is 32.1. The first-order chi connectivity index (χ1) is 12.4. The van der Waals surface area contributed by atoms with E-state index < -0.39 is 17.4 Å². The number of carbonyl (C=O) groups is 2. The molecule has 0 spiro atoms. The summed E-state index contributed by atoms with van der Waals surface area (Å²) >= 11 is 1.37. The predicted molar refractivity (Wildman–Crippen MR) is 92.8 cm³/mol. The second kappa shape index (κ2) is 6.96. The van der Waals surface area contributed by atoms with Crippen molar-refractivity contribution in [1.29, 1.82) is 0 Å². The van der Waals surface area contributed by atoms with Gasteiger partial charge in [-0.25, -0.2) is 4.68 Å². The fourth-order valence-corrected chi connectivity index (χ4v) is 2.72. The van der Waals surface area contributed by atoms with Crippen LogP contribution in [0.3, 0.4) is 0 Å². The summed E-state index contributed by atoms with van der Waals surface area (Å²) in [5.41, 5.74) is 5.24. The molecule has 0 saturated carbocycles. The van der Waals surface area contributed by atoms with Gasteiger partial charge in [-0.05, 0) is 26.0 Å². The molecule has 0 fully saturated rings. The van der Waals surface area contributed by atoms with E-state index in [1.165, 1.54) is 22.2 Å². The molecule has 0 saturated heterocycles. The van der Waals surface area contributed by atoms with Gasteiger partial charge in [0.05, 0.1) is 12.7 Å². The number of carbonyl (C=O) groups excluding carboxylic acids is 2. The Labute approximate surface area is 152 Å². The van der Waals surface area contributed by atoms with Crippen LogP contribution < -0.4 is 11.1 Å². The molecule has 3 aromatic heterocycles. The number of pyridine rings is 1. The summed E-state index contributed by atoms with van der Waals surface area (Å²) in [6.07, 6.45) is 4.73. The van der Waals surface area contributed by atoms with E-state index in [0.29, 0.717) is 5.01 Å². The summed E-state index contributed by atoms with van der Waals surface area (Å²) < 4.78 is 1.26. The highest BCUT2D eigenvalue weighted by Gasteiger charge is 2.29. The molecule has 0 aliphatic heterocycles. The summed E-state index contributed by atoms with van der Waals surface area (Å²) in [5, 5.41) is 19.8. The maximum atomic E-state index is 12.2. The SMILES string of the molecule is CC(C)(C(N)=O)n1cc(C(=O)NCc2nnc(-c3ccncc3)s2)nn1. The van der Waals surface area contributed by atoms with Gasteiger partial charge in [-0.1, -0.05) is 16.6 Å². The van der Waals surface area contributed by atoms with Crippen LogP contribution in [0.1, 0.15) is 29.3 Å². The number of aromatic nitrogens is 6. The first kappa shape index (κ1) is 17.6. The number of nitrogens with two attached hydrogens (primary N) is 1. The average Bonchev–Trinajstić information content (AvgIpc) is 3.30. The molecule has 0 unspecified atom stereocenters. The smallest absolute Gasteiger partial charge is 0.273 e. The van der Waals surface area contributed by atoms with Gasteiger partial charge >= 0.3 is 0 Å².